The first-order chi connectivity index (χ1) is 11.7. The van der Waals surface area contributed by atoms with Crippen molar-refractivity contribution in [3.05, 3.63) is 54.1 Å². The Morgan fingerprint density at radius 3 is 2.62 bits per heavy atom. The average Bonchev–Trinajstić information content (AvgIpc) is 2.63. The summed E-state index contributed by atoms with van der Waals surface area (Å²) in [5, 5.41) is 2.85. The molecule has 1 aliphatic heterocycles. The van der Waals surface area contributed by atoms with Crippen LogP contribution in [0.1, 0.15) is 29.6 Å². The molecule has 0 aromatic heterocycles. The molecule has 5 heteroatoms. The number of ether oxygens (including phenoxy) is 1. The molecule has 1 fully saturated rings. The molecule has 0 radical (unpaired) electrons. The molecule has 1 N–H and O–H groups in total. The Bertz CT molecular complexity index is 741. The first-order valence-electron chi connectivity index (χ1n) is 8.03. The van der Waals surface area contributed by atoms with Gasteiger partial charge >= 0.3 is 0 Å². The molecule has 2 amide bonds. The molecule has 1 saturated heterocycles. The highest BCUT2D eigenvalue weighted by Gasteiger charge is 2.19. The predicted octanol–water partition coefficient (Wildman–Crippen LogP) is 3.46. The molecule has 1 aliphatic rings. The molecule has 1 heterocycles. The number of methoxy groups -OCH3 is 1. The van der Waals surface area contributed by atoms with Gasteiger partial charge in [-0.25, -0.2) is 0 Å². The molecule has 3 rings (SSSR count). The van der Waals surface area contributed by atoms with Crippen LogP contribution in [0.4, 0.5) is 11.4 Å². The molecule has 5 nitrogen and oxygen atoms in total. The van der Waals surface area contributed by atoms with Crippen LogP contribution >= 0.6 is 0 Å². The first kappa shape index (κ1) is 16.1. The van der Waals surface area contributed by atoms with E-state index in [1.807, 2.05) is 24.3 Å². The van der Waals surface area contributed by atoms with E-state index in [-0.39, 0.29) is 11.8 Å². The number of carbonyl (C=O) groups excluding carboxylic acids is 2. The van der Waals surface area contributed by atoms with Crippen molar-refractivity contribution in [2.75, 3.05) is 23.9 Å². The van der Waals surface area contributed by atoms with Gasteiger partial charge in [0.15, 0.2) is 0 Å². The van der Waals surface area contributed by atoms with Gasteiger partial charge in [-0.1, -0.05) is 6.07 Å². The summed E-state index contributed by atoms with van der Waals surface area (Å²) < 4.78 is 5.13. The number of benzene rings is 2. The SMILES string of the molecule is COc1cccc(C(=O)Nc2ccc(N3CCCCC3=O)cc2)c1. The van der Waals surface area contributed by atoms with Crippen molar-refractivity contribution in [2.24, 2.45) is 0 Å². The van der Waals surface area contributed by atoms with E-state index in [4.69, 9.17) is 4.74 Å². The standard InChI is InChI=1S/C19H20N2O3/c1-24-17-6-4-5-14(13-17)19(23)20-15-8-10-16(11-9-15)21-12-3-2-7-18(21)22/h4-6,8-11,13H,2-3,7,12H2,1H3,(H,20,23). The Labute approximate surface area is 141 Å². The smallest absolute Gasteiger partial charge is 0.255 e. The van der Waals surface area contributed by atoms with Crippen LogP contribution in [0.3, 0.4) is 0 Å². The number of nitrogens with zero attached hydrogens (tertiary/aromatic N) is 1. The van der Waals surface area contributed by atoms with E-state index in [1.165, 1.54) is 0 Å². The molecule has 124 valence electrons. The summed E-state index contributed by atoms with van der Waals surface area (Å²) in [6.45, 7) is 0.758. The zero-order chi connectivity index (χ0) is 16.9. The molecule has 24 heavy (non-hydrogen) atoms. The van der Waals surface area contributed by atoms with Crippen LogP contribution in [0.15, 0.2) is 48.5 Å². The third kappa shape index (κ3) is 3.56. The highest BCUT2D eigenvalue weighted by molar-refractivity contribution is 6.04. The van der Waals surface area contributed by atoms with E-state index < -0.39 is 0 Å². The molecular weight excluding hydrogens is 304 g/mol. The molecule has 2 aromatic carbocycles. The highest BCUT2D eigenvalue weighted by Crippen LogP contribution is 2.23. The zero-order valence-corrected chi connectivity index (χ0v) is 13.6. The summed E-state index contributed by atoms with van der Waals surface area (Å²) in [7, 11) is 1.57. The number of amides is 2. The molecule has 0 spiro atoms. The molecular formula is C19H20N2O3. The van der Waals surface area contributed by atoms with Gasteiger partial charge in [-0.05, 0) is 55.3 Å². The molecule has 2 aromatic rings. The lowest BCUT2D eigenvalue weighted by atomic mass is 10.1. The molecule has 0 unspecified atom stereocenters. The second-order valence-electron chi connectivity index (χ2n) is 5.74. The van der Waals surface area contributed by atoms with Crippen LogP contribution in [0.2, 0.25) is 0 Å². The van der Waals surface area contributed by atoms with Gasteiger partial charge in [0, 0.05) is 29.9 Å². The summed E-state index contributed by atoms with van der Waals surface area (Å²) in [5.41, 5.74) is 2.10. The largest absolute Gasteiger partial charge is 0.497 e. The van der Waals surface area contributed by atoms with Crippen LogP contribution in [-0.4, -0.2) is 25.5 Å². The Balaban J connectivity index is 1.69. The Hall–Kier alpha value is -2.82. The minimum atomic E-state index is -0.198. The van der Waals surface area contributed by atoms with Gasteiger partial charge in [-0.2, -0.15) is 0 Å². The fourth-order valence-corrected chi connectivity index (χ4v) is 2.77. The van der Waals surface area contributed by atoms with Crippen molar-refractivity contribution in [3.8, 4) is 5.75 Å². The molecule has 0 bridgehead atoms. The lowest BCUT2D eigenvalue weighted by Gasteiger charge is -2.26. The van der Waals surface area contributed by atoms with Gasteiger partial charge in [-0.3, -0.25) is 9.59 Å². The van der Waals surface area contributed by atoms with Gasteiger partial charge in [0.2, 0.25) is 5.91 Å². The van der Waals surface area contributed by atoms with Crippen molar-refractivity contribution in [1.29, 1.82) is 0 Å². The van der Waals surface area contributed by atoms with E-state index in [0.29, 0.717) is 23.4 Å². The lowest BCUT2D eigenvalue weighted by molar-refractivity contribution is -0.119. The van der Waals surface area contributed by atoms with Gasteiger partial charge in [0.05, 0.1) is 7.11 Å². The maximum atomic E-state index is 12.3. The number of rotatable bonds is 4. The second kappa shape index (κ2) is 7.17. The molecule has 0 aliphatic carbocycles. The second-order valence-corrected chi connectivity index (χ2v) is 5.74. The number of hydrogen-bond donors (Lipinski definition) is 1. The number of nitrogens with one attached hydrogen (secondary N) is 1. The van der Waals surface area contributed by atoms with Gasteiger partial charge < -0.3 is 15.0 Å². The lowest BCUT2D eigenvalue weighted by Crippen LogP contribution is -2.35. The molecule has 0 atom stereocenters. The van der Waals surface area contributed by atoms with Crippen LogP contribution in [0.25, 0.3) is 0 Å². The maximum Gasteiger partial charge on any atom is 0.255 e. The summed E-state index contributed by atoms with van der Waals surface area (Å²) in [6.07, 6.45) is 2.60. The first-order valence-corrected chi connectivity index (χ1v) is 8.03. The van der Waals surface area contributed by atoms with E-state index >= 15 is 0 Å². The average molecular weight is 324 g/mol. The molecule has 0 saturated carbocycles. The third-order valence-corrected chi connectivity index (χ3v) is 4.09. The summed E-state index contributed by atoms with van der Waals surface area (Å²) in [6, 6.07) is 14.4. The number of carbonyl (C=O) groups is 2. The summed E-state index contributed by atoms with van der Waals surface area (Å²) >= 11 is 0. The van der Waals surface area contributed by atoms with Gasteiger partial charge in [0.1, 0.15) is 5.75 Å². The van der Waals surface area contributed by atoms with Crippen molar-refractivity contribution in [2.45, 2.75) is 19.3 Å². The topological polar surface area (TPSA) is 58.6 Å². The fourth-order valence-electron chi connectivity index (χ4n) is 2.77. The predicted molar refractivity (Wildman–Crippen MR) is 93.6 cm³/mol. The van der Waals surface area contributed by atoms with Crippen LogP contribution in [0.5, 0.6) is 5.75 Å². The van der Waals surface area contributed by atoms with E-state index in [1.54, 1.807) is 36.3 Å². The van der Waals surface area contributed by atoms with Gasteiger partial charge in [-0.15, -0.1) is 0 Å². The summed E-state index contributed by atoms with van der Waals surface area (Å²) in [4.78, 5) is 26.0. The third-order valence-electron chi connectivity index (χ3n) is 4.09. The van der Waals surface area contributed by atoms with Crippen molar-refractivity contribution in [1.82, 2.24) is 0 Å². The fraction of sp³-hybridized carbons (Fsp3) is 0.263. The minimum absolute atomic E-state index is 0.161. The van der Waals surface area contributed by atoms with E-state index in [9.17, 15) is 9.59 Å². The Morgan fingerprint density at radius 1 is 1.12 bits per heavy atom. The zero-order valence-electron chi connectivity index (χ0n) is 13.6. The highest BCUT2D eigenvalue weighted by atomic mass is 16.5. The number of hydrogen-bond acceptors (Lipinski definition) is 3. The maximum absolute atomic E-state index is 12.3. The number of anilines is 2. The van der Waals surface area contributed by atoms with Crippen LogP contribution in [0, 0.1) is 0 Å². The van der Waals surface area contributed by atoms with Gasteiger partial charge in [0.25, 0.3) is 5.91 Å². The monoisotopic (exact) mass is 324 g/mol. The van der Waals surface area contributed by atoms with E-state index in [2.05, 4.69) is 5.32 Å². The van der Waals surface area contributed by atoms with Crippen molar-refractivity contribution in [3.63, 3.8) is 0 Å². The summed E-state index contributed by atoms with van der Waals surface area (Å²) in [5.74, 6) is 0.603. The normalized spacial score (nSPS) is 14.4. The van der Waals surface area contributed by atoms with Crippen molar-refractivity contribution < 1.29 is 14.3 Å². The van der Waals surface area contributed by atoms with Crippen molar-refractivity contribution >= 4 is 23.2 Å². The Kier molecular flexibility index (Phi) is 4.79. The van der Waals surface area contributed by atoms with Crippen LogP contribution < -0.4 is 15.0 Å². The van der Waals surface area contributed by atoms with E-state index in [0.717, 1.165) is 25.1 Å². The minimum Gasteiger partial charge on any atom is -0.497 e. The quantitative estimate of drug-likeness (QED) is 0.937. The Morgan fingerprint density at radius 2 is 1.92 bits per heavy atom. The number of piperidine rings is 1. The van der Waals surface area contributed by atoms with Crippen LogP contribution in [-0.2, 0) is 4.79 Å².